The van der Waals surface area contributed by atoms with Crippen molar-refractivity contribution in [2.45, 2.75) is 77.6 Å². The molecule has 0 spiro atoms. The smallest absolute Gasteiger partial charge is 0.0244 e. The number of hydrogen-bond donors (Lipinski definition) is 0. The van der Waals surface area contributed by atoms with E-state index in [1.807, 2.05) is 0 Å². The van der Waals surface area contributed by atoms with Gasteiger partial charge in [0, 0.05) is 0 Å². The third kappa shape index (κ3) is 9.83. The summed E-state index contributed by atoms with van der Waals surface area (Å²) in [6.45, 7) is 2.28. The molecule has 1 aromatic carbocycles. The van der Waals surface area contributed by atoms with Crippen LogP contribution in [-0.4, -0.2) is 0 Å². The molecule has 20 heavy (non-hydrogen) atoms. The van der Waals surface area contributed by atoms with Gasteiger partial charge in [-0.15, -0.1) is 0 Å². The van der Waals surface area contributed by atoms with Crippen LogP contribution in [-0.2, 0) is 6.42 Å². The van der Waals surface area contributed by atoms with Crippen LogP contribution < -0.4 is 0 Å². The fourth-order valence-corrected chi connectivity index (χ4v) is 2.53. The lowest BCUT2D eigenvalue weighted by Crippen LogP contribution is -1.82. The molecule has 0 saturated heterocycles. The summed E-state index contributed by atoms with van der Waals surface area (Å²) in [5.74, 6) is 0. The second kappa shape index (κ2) is 13.0. The van der Waals surface area contributed by atoms with E-state index in [1.54, 1.807) is 0 Å². The molecule has 0 fully saturated rings. The molecule has 0 aliphatic rings. The van der Waals surface area contributed by atoms with E-state index < -0.39 is 0 Å². The first-order chi connectivity index (χ1) is 9.93. The van der Waals surface area contributed by atoms with Crippen molar-refractivity contribution in [3.63, 3.8) is 0 Å². The van der Waals surface area contributed by atoms with Gasteiger partial charge in [-0.25, -0.2) is 0 Å². The SMILES string of the molecule is CCCCCCCCCCC=CCCc1ccccc1. The fraction of sp³-hybridized carbons (Fsp3) is 0.600. The van der Waals surface area contributed by atoms with Crippen LogP contribution in [0.5, 0.6) is 0 Å². The van der Waals surface area contributed by atoms with Crippen LogP contribution in [0.3, 0.4) is 0 Å². The number of unbranched alkanes of at least 4 members (excludes halogenated alkanes) is 8. The van der Waals surface area contributed by atoms with Gasteiger partial charge in [-0.2, -0.15) is 0 Å². The summed E-state index contributed by atoms with van der Waals surface area (Å²) >= 11 is 0. The molecule has 0 nitrogen and oxygen atoms in total. The van der Waals surface area contributed by atoms with Gasteiger partial charge in [0.25, 0.3) is 0 Å². The first-order valence-electron chi connectivity index (χ1n) is 8.62. The first kappa shape index (κ1) is 17.0. The van der Waals surface area contributed by atoms with Gasteiger partial charge in [0.15, 0.2) is 0 Å². The zero-order valence-electron chi connectivity index (χ0n) is 13.3. The first-order valence-corrected chi connectivity index (χ1v) is 8.62. The van der Waals surface area contributed by atoms with Crippen molar-refractivity contribution in [2.75, 3.05) is 0 Å². The van der Waals surface area contributed by atoms with Crippen LogP contribution in [0, 0.1) is 0 Å². The predicted octanol–water partition coefficient (Wildman–Crippen LogP) is 6.71. The molecule has 0 amide bonds. The highest BCUT2D eigenvalue weighted by atomic mass is 14.0. The van der Waals surface area contributed by atoms with E-state index >= 15 is 0 Å². The zero-order valence-corrected chi connectivity index (χ0v) is 13.3. The zero-order chi connectivity index (χ0) is 14.3. The Bertz CT molecular complexity index is 323. The van der Waals surface area contributed by atoms with Gasteiger partial charge in [-0.3, -0.25) is 0 Å². The van der Waals surface area contributed by atoms with E-state index in [0.29, 0.717) is 0 Å². The summed E-state index contributed by atoms with van der Waals surface area (Å²) < 4.78 is 0. The molecule has 0 N–H and O–H groups in total. The average Bonchev–Trinajstić information content (AvgIpc) is 2.49. The molecule has 0 heteroatoms. The molecule has 0 saturated carbocycles. The Hall–Kier alpha value is -1.04. The van der Waals surface area contributed by atoms with E-state index in [0.717, 1.165) is 0 Å². The van der Waals surface area contributed by atoms with Crippen molar-refractivity contribution in [2.24, 2.45) is 0 Å². The van der Waals surface area contributed by atoms with Gasteiger partial charge >= 0.3 is 0 Å². The Kier molecular flexibility index (Phi) is 11.0. The lowest BCUT2D eigenvalue weighted by atomic mass is 10.1. The summed E-state index contributed by atoms with van der Waals surface area (Å²) in [5, 5.41) is 0. The molecule has 1 aromatic rings. The molecular weight excluding hydrogens is 240 g/mol. The number of benzene rings is 1. The number of allylic oxidation sites excluding steroid dienone is 2. The van der Waals surface area contributed by atoms with E-state index in [-0.39, 0.29) is 0 Å². The second-order valence-corrected chi connectivity index (χ2v) is 5.76. The molecule has 0 radical (unpaired) electrons. The minimum absolute atomic E-state index is 1.18. The van der Waals surface area contributed by atoms with Gasteiger partial charge in [0.05, 0.1) is 0 Å². The summed E-state index contributed by atoms with van der Waals surface area (Å²) in [6, 6.07) is 10.8. The molecule has 0 atom stereocenters. The van der Waals surface area contributed by atoms with Crippen LogP contribution in [0.1, 0.15) is 76.7 Å². The normalized spacial score (nSPS) is 11.2. The second-order valence-electron chi connectivity index (χ2n) is 5.76. The van der Waals surface area contributed by atoms with Crippen LogP contribution in [0.25, 0.3) is 0 Å². The maximum atomic E-state index is 2.38. The van der Waals surface area contributed by atoms with Crippen LogP contribution in [0.15, 0.2) is 42.5 Å². The molecule has 112 valence electrons. The number of rotatable bonds is 12. The van der Waals surface area contributed by atoms with E-state index in [1.165, 1.54) is 76.2 Å². The Labute approximate surface area is 126 Å². The van der Waals surface area contributed by atoms with E-state index in [4.69, 9.17) is 0 Å². The minimum Gasteiger partial charge on any atom is -0.0885 e. The molecule has 0 aromatic heterocycles. The molecule has 0 heterocycles. The molecule has 0 aliphatic carbocycles. The van der Waals surface area contributed by atoms with Gasteiger partial charge in [-0.05, 0) is 31.2 Å². The fourth-order valence-electron chi connectivity index (χ4n) is 2.53. The largest absolute Gasteiger partial charge is 0.0885 e. The monoisotopic (exact) mass is 272 g/mol. The van der Waals surface area contributed by atoms with Gasteiger partial charge in [0.1, 0.15) is 0 Å². The summed E-state index contributed by atoms with van der Waals surface area (Å²) in [5.41, 5.74) is 1.45. The summed E-state index contributed by atoms with van der Waals surface area (Å²) in [6.07, 6.45) is 19.7. The predicted molar refractivity (Wildman–Crippen MR) is 91.1 cm³/mol. The van der Waals surface area contributed by atoms with Crippen molar-refractivity contribution >= 4 is 0 Å². The summed E-state index contributed by atoms with van der Waals surface area (Å²) in [7, 11) is 0. The molecule has 0 bridgehead atoms. The topological polar surface area (TPSA) is 0 Å². The molecule has 1 rings (SSSR count). The van der Waals surface area contributed by atoms with Crippen molar-refractivity contribution in [3.8, 4) is 0 Å². The maximum Gasteiger partial charge on any atom is -0.0244 e. The number of aryl methyl sites for hydroxylation is 1. The third-order valence-corrected chi connectivity index (χ3v) is 3.83. The van der Waals surface area contributed by atoms with Crippen LogP contribution in [0.2, 0.25) is 0 Å². The lowest BCUT2D eigenvalue weighted by molar-refractivity contribution is 0.577. The van der Waals surface area contributed by atoms with Crippen molar-refractivity contribution < 1.29 is 0 Å². The Balaban J connectivity index is 1.85. The van der Waals surface area contributed by atoms with Crippen molar-refractivity contribution in [1.29, 1.82) is 0 Å². The molecule has 0 unspecified atom stereocenters. The highest BCUT2D eigenvalue weighted by Gasteiger charge is 1.91. The Morgan fingerprint density at radius 2 is 1.30 bits per heavy atom. The lowest BCUT2D eigenvalue weighted by Gasteiger charge is -2.00. The Morgan fingerprint density at radius 3 is 2.00 bits per heavy atom. The van der Waals surface area contributed by atoms with Crippen molar-refractivity contribution in [3.05, 3.63) is 48.0 Å². The highest BCUT2D eigenvalue weighted by Crippen LogP contribution is 2.10. The van der Waals surface area contributed by atoms with Gasteiger partial charge in [0.2, 0.25) is 0 Å². The van der Waals surface area contributed by atoms with Gasteiger partial charge in [-0.1, -0.05) is 94.4 Å². The van der Waals surface area contributed by atoms with Gasteiger partial charge < -0.3 is 0 Å². The number of hydrogen-bond acceptors (Lipinski definition) is 0. The minimum atomic E-state index is 1.18. The van der Waals surface area contributed by atoms with Crippen molar-refractivity contribution in [1.82, 2.24) is 0 Å². The van der Waals surface area contributed by atoms with Crippen LogP contribution in [0.4, 0.5) is 0 Å². The molecule has 0 aliphatic heterocycles. The van der Waals surface area contributed by atoms with E-state index in [2.05, 4.69) is 49.4 Å². The third-order valence-electron chi connectivity index (χ3n) is 3.83. The quantitative estimate of drug-likeness (QED) is 0.293. The van der Waals surface area contributed by atoms with E-state index in [9.17, 15) is 0 Å². The Morgan fingerprint density at radius 1 is 0.700 bits per heavy atom. The summed E-state index contributed by atoms with van der Waals surface area (Å²) in [4.78, 5) is 0. The highest BCUT2D eigenvalue weighted by molar-refractivity contribution is 5.15. The van der Waals surface area contributed by atoms with Crippen LogP contribution >= 0.6 is 0 Å². The maximum absolute atomic E-state index is 2.38. The average molecular weight is 272 g/mol. The molecular formula is C20H32. The standard InChI is InChI=1S/C20H32/c1-2-3-4-5-6-7-8-9-10-11-12-14-17-20-18-15-13-16-19-20/h11-13,15-16,18-19H,2-10,14,17H2,1H3.